The molecule has 0 aliphatic carbocycles. The van der Waals surface area contributed by atoms with Crippen molar-refractivity contribution in [1.29, 1.82) is 0 Å². The fourth-order valence-corrected chi connectivity index (χ4v) is 5.21. The number of hydrogen-bond acceptors (Lipinski definition) is 11. The number of anilines is 3. The SMILES string of the molecule is Cl.Nc1nc(N2CCC[C@@H](CN3CCN(c4ccncc4C(=O)O)CC3)C2)nc2nc(-c3ccco3)nn12. The molecule has 1 atom stereocenters. The molecular weight excluding hydrogens is 512 g/mol. The van der Waals surface area contributed by atoms with Crippen molar-refractivity contribution in [2.75, 3.05) is 61.3 Å². The van der Waals surface area contributed by atoms with E-state index in [0.29, 0.717) is 29.2 Å². The maximum Gasteiger partial charge on any atom is 0.339 e. The quantitative estimate of drug-likeness (QED) is 0.367. The molecule has 0 unspecified atom stereocenters. The highest BCUT2D eigenvalue weighted by Crippen LogP contribution is 2.25. The molecule has 2 saturated heterocycles. The van der Waals surface area contributed by atoms with Crippen LogP contribution in [0.2, 0.25) is 0 Å². The van der Waals surface area contributed by atoms with Crippen LogP contribution in [0.25, 0.3) is 17.4 Å². The van der Waals surface area contributed by atoms with E-state index >= 15 is 0 Å². The highest BCUT2D eigenvalue weighted by atomic mass is 35.5. The minimum atomic E-state index is -0.947. The second kappa shape index (κ2) is 10.8. The normalized spacial score (nSPS) is 18.5. The summed E-state index contributed by atoms with van der Waals surface area (Å²) >= 11 is 0. The molecule has 0 amide bonds. The van der Waals surface area contributed by atoms with E-state index in [0.717, 1.165) is 64.3 Å². The van der Waals surface area contributed by atoms with Crippen LogP contribution in [0.4, 0.5) is 17.6 Å². The summed E-state index contributed by atoms with van der Waals surface area (Å²) in [6.07, 6.45) is 6.82. The van der Waals surface area contributed by atoms with E-state index < -0.39 is 5.97 Å². The smallest absolute Gasteiger partial charge is 0.339 e. The highest BCUT2D eigenvalue weighted by molar-refractivity contribution is 5.94. The number of aromatic carboxylic acids is 1. The summed E-state index contributed by atoms with van der Waals surface area (Å²) in [4.78, 5) is 36.0. The first-order chi connectivity index (χ1) is 18.0. The predicted molar refractivity (Wildman–Crippen MR) is 143 cm³/mol. The third-order valence-electron chi connectivity index (χ3n) is 7.02. The van der Waals surface area contributed by atoms with E-state index in [1.54, 1.807) is 30.7 Å². The minimum Gasteiger partial charge on any atom is -0.478 e. The van der Waals surface area contributed by atoms with Crippen LogP contribution < -0.4 is 15.5 Å². The van der Waals surface area contributed by atoms with Crippen LogP contribution in [0.5, 0.6) is 0 Å². The molecule has 3 N–H and O–H groups in total. The molecular formula is C24H29ClN10O3. The highest BCUT2D eigenvalue weighted by Gasteiger charge is 2.27. The van der Waals surface area contributed by atoms with Gasteiger partial charge in [-0.15, -0.1) is 17.5 Å². The number of furan rings is 1. The summed E-state index contributed by atoms with van der Waals surface area (Å²) in [5, 5.41) is 13.9. The molecule has 13 nitrogen and oxygen atoms in total. The van der Waals surface area contributed by atoms with Gasteiger partial charge in [0, 0.05) is 58.2 Å². The Balaban J connectivity index is 0.00000294. The molecule has 0 saturated carbocycles. The van der Waals surface area contributed by atoms with Crippen LogP contribution in [0.1, 0.15) is 23.2 Å². The maximum absolute atomic E-state index is 11.6. The summed E-state index contributed by atoms with van der Waals surface area (Å²) < 4.78 is 6.83. The van der Waals surface area contributed by atoms with E-state index in [1.165, 1.54) is 10.7 Å². The van der Waals surface area contributed by atoms with Crippen molar-refractivity contribution in [3.8, 4) is 11.6 Å². The lowest BCUT2D eigenvalue weighted by atomic mass is 9.97. The zero-order chi connectivity index (χ0) is 25.4. The summed E-state index contributed by atoms with van der Waals surface area (Å²) in [5.74, 6) is 1.68. The molecule has 0 bridgehead atoms. The molecule has 38 heavy (non-hydrogen) atoms. The van der Waals surface area contributed by atoms with Gasteiger partial charge in [-0.2, -0.15) is 19.5 Å². The fourth-order valence-electron chi connectivity index (χ4n) is 5.21. The number of fused-ring (bicyclic) bond motifs is 1. The lowest BCUT2D eigenvalue weighted by Gasteiger charge is -2.40. The van der Waals surface area contributed by atoms with Crippen molar-refractivity contribution in [3.63, 3.8) is 0 Å². The van der Waals surface area contributed by atoms with Gasteiger partial charge in [0.2, 0.25) is 17.7 Å². The molecule has 4 aromatic rings. The van der Waals surface area contributed by atoms with E-state index in [2.05, 4.69) is 39.7 Å². The number of nitrogens with two attached hydrogens (primary N) is 1. The number of pyridine rings is 1. The summed E-state index contributed by atoms with van der Waals surface area (Å²) in [5.41, 5.74) is 7.19. The first kappa shape index (κ1) is 25.7. The average Bonchev–Trinajstić information content (AvgIpc) is 3.60. The number of nitrogens with zero attached hydrogens (tertiary/aromatic N) is 9. The van der Waals surface area contributed by atoms with Gasteiger partial charge in [0.15, 0.2) is 5.76 Å². The molecule has 200 valence electrons. The first-order valence-electron chi connectivity index (χ1n) is 12.4. The van der Waals surface area contributed by atoms with Gasteiger partial charge in [0.05, 0.1) is 12.0 Å². The predicted octanol–water partition coefficient (Wildman–Crippen LogP) is 1.92. The number of halogens is 1. The Morgan fingerprint density at radius 2 is 1.95 bits per heavy atom. The molecule has 0 aromatic carbocycles. The van der Waals surface area contributed by atoms with Crippen LogP contribution >= 0.6 is 12.4 Å². The Labute approximate surface area is 224 Å². The molecule has 14 heteroatoms. The summed E-state index contributed by atoms with van der Waals surface area (Å²) in [6.45, 7) is 5.98. The second-order valence-corrected chi connectivity index (χ2v) is 9.45. The van der Waals surface area contributed by atoms with Crippen molar-refractivity contribution >= 4 is 41.7 Å². The Kier molecular flexibility index (Phi) is 7.29. The Bertz CT molecular complexity index is 1400. The summed E-state index contributed by atoms with van der Waals surface area (Å²) in [7, 11) is 0. The Morgan fingerprint density at radius 1 is 1.11 bits per heavy atom. The van der Waals surface area contributed by atoms with E-state index in [4.69, 9.17) is 10.2 Å². The van der Waals surface area contributed by atoms with Crippen LogP contribution in [0.15, 0.2) is 41.3 Å². The number of aromatic nitrogens is 6. The van der Waals surface area contributed by atoms with Crippen molar-refractivity contribution < 1.29 is 14.3 Å². The third-order valence-corrected chi connectivity index (χ3v) is 7.02. The third kappa shape index (κ3) is 5.07. The molecule has 2 aliphatic heterocycles. The van der Waals surface area contributed by atoms with Crippen molar-refractivity contribution in [2.45, 2.75) is 12.8 Å². The molecule has 0 radical (unpaired) electrons. The molecule has 2 fully saturated rings. The van der Waals surface area contributed by atoms with Crippen LogP contribution in [0.3, 0.4) is 0 Å². The van der Waals surface area contributed by atoms with Crippen LogP contribution in [-0.2, 0) is 0 Å². The number of carboxylic acids is 1. The van der Waals surface area contributed by atoms with Crippen molar-refractivity contribution in [3.05, 3.63) is 42.4 Å². The number of hydrogen-bond donors (Lipinski definition) is 2. The van der Waals surface area contributed by atoms with E-state index in [1.807, 2.05) is 0 Å². The topological polar surface area (TPSA) is 155 Å². The van der Waals surface area contributed by atoms with Gasteiger partial charge in [-0.3, -0.25) is 9.88 Å². The average molecular weight is 541 g/mol. The first-order valence-corrected chi connectivity index (χ1v) is 12.4. The van der Waals surface area contributed by atoms with Gasteiger partial charge in [-0.1, -0.05) is 0 Å². The standard InChI is InChI=1S/C24H28N10O3.ClH/c25-22-28-23(29-24-27-20(30-34(22)24)19-4-2-12-37-19)33-7-1-3-16(15-33)14-31-8-10-32(11-9-31)18-5-6-26-13-17(18)21(35)36;/h2,4-6,12-13,16H,1,3,7-11,14-15H2,(H,35,36)(H2,25,27,28,29,30);1H/t16-;/m0./s1. The lowest BCUT2D eigenvalue weighted by molar-refractivity contribution is 0.0697. The maximum atomic E-state index is 11.6. The zero-order valence-corrected chi connectivity index (χ0v) is 21.5. The van der Waals surface area contributed by atoms with Gasteiger partial charge in [0.25, 0.3) is 5.78 Å². The number of rotatable bonds is 6. The molecule has 2 aliphatic rings. The number of carbonyl (C=O) groups is 1. The Morgan fingerprint density at radius 3 is 2.71 bits per heavy atom. The lowest BCUT2D eigenvalue weighted by Crippen LogP contribution is -2.50. The Hall–Kier alpha value is -3.97. The van der Waals surface area contributed by atoms with Crippen LogP contribution in [0, 0.1) is 5.92 Å². The van der Waals surface area contributed by atoms with Gasteiger partial charge in [0.1, 0.15) is 5.56 Å². The molecule has 0 spiro atoms. The van der Waals surface area contributed by atoms with Gasteiger partial charge < -0.3 is 25.1 Å². The van der Waals surface area contributed by atoms with Gasteiger partial charge in [-0.05, 0) is 37.0 Å². The zero-order valence-electron chi connectivity index (χ0n) is 20.7. The fraction of sp³-hybridized carbons (Fsp3) is 0.417. The molecule has 6 heterocycles. The number of nitrogen functional groups attached to an aromatic ring is 1. The van der Waals surface area contributed by atoms with E-state index in [-0.39, 0.29) is 23.9 Å². The van der Waals surface area contributed by atoms with E-state index in [9.17, 15) is 9.90 Å². The summed E-state index contributed by atoms with van der Waals surface area (Å²) in [6, 6.07) is 5.35. The number of piperazine rings is 1. The minimum absolute atomic E-state index is 0. The van der Waals surface area contributed by atoms with Gasteiger partial charge in [-0.25, -0.2) is 4.79 Å². The van der Waals surface area contributed by atoms with Crippen LogP contribution in [-0.4, -0.2) is 91.3 Å². The molecule has 4 aromatic heterocycles. The largest absolute Gasteiger partial charge is 0.478 e. The number of carboxylic acid groups (broad SMARTS) is 1. The molecule has 6 rings (SSSR count). The van der Waals surface area contributed by atoms with Crippen molar-refractivity contribution in [1.82, 2.24) is 34.4 Å². The van der Waals surface area contributed by atoms with Crippen molar-refractivity contribution in [2.24, 2.45) is 5.92 Å². The number of piperidine rings is 1. The monoisotopic (exact) mass is 540 g/mol. The second-order valence-electron chi connectivity index (χ2n) is 9.45. The van der Waals surface area contributed by atoms with Gasteiger partial charge >= 0.3 is 5.97 Å².